The normalized spacial score (nSPS) is 13.6. The molecule has 3 rings (SSSR count). The number of phenolic OH excluding ortho intramolecular Hbond substituents is 1. The molecule has 0 spiro atoms. The highest BCUT2D eigenvalue weighted by atomic mass is 19.1. The molecule has 4 atom stereocenters. The second-order valence-corrected chi connectivity index (χ2v) is 10.4. The molecule has 13 nitrogen and oxygen atoms in total. The first-order valence-corrected chi connectivity index (χ1v) is 14.2. The summed E-state index contributed by atoms with van der Waals surface area (Å²) in [4.78, 5) is 63.9. The van der Waals surface area contributed by atoms with E-state index < -0.39 is 66.1 Å². The van der Waals surface area contributed by atoms with Crippen LogP contribution in [0, 0.1) is 5.82 Å². The van der Waals surface area contributed by atoms with Gasteiger partial charge in [0.25, 0.3) is 0 Å². The van der Waals surface area contributed by atoms with Crippen LogP contribution in [0.2, 0.25) is 1.41 Å². The summed E-state index contributed by atoms with van der Waals surface area (Å²) in [5.41, 5.74) is 9.23. The predicted molar refractivity (Wildman–Crippen MR) is 166 cm³/mol. The molecule has 0 radical (unpaired) electrons. The van der Waals surface area contributed by atoms with Crippen molar-refractivity contribution in [3.8, 4) is 11.5 Å². The number of methoxy groups -OCH3 is 1. The summed E-state index contributed by atoms with van der Waals surface area (Å²) < 4.78 is 26.1. The van der Waals surface area contributed by atoms with Gasteiger partial charge >= 0.3 is 0 Å². The van der Waals surface area contributed by atoms with Crippen LogP contribution in [-0.2, 0) is 36.8 Å². The second kappa shape index (κ2) is 16.5. The van der Waals surface area contributed by atoms with Gasteiger partial charge < -0.3 is 42.6 Å². The van der Waals surface area contributed by atoms with Crippen molar-refractivity contribution >= 4 is 29.5 Å². The number of primary amides is 1. The van der Waals surface area contributed by atoms with Gasteiger partial charge in [0.2, 0.25) is 29.5 Å². The summed E-state index contributed by atoms with van der Waals surface area (Å²) in [5.74, 6) is -3.68. The number of halogens is 1. The minimum atomic E-state index is -1.26. The molecule has 244 valence electrons. The molecule has 0 saturated heterocycles. The van der Waals surface area contributed by atoms with E-state index in [1.807, 2.05) is 0 Å². The number of benzene rings is 3. The molecule has 3 aromatic carbocycles. The van der Waals surface area contributed by atoms with E-state index in [2.05, 4.69) is 27.0 Å². The first kappa shape index (κ1) is 33.4. The highest BCUT2D eigenvalue weighted by molar-refractivity contribution is 5.94. The lowest BCUT2D eigenvalue weighted by molar-refractivity contribution is -0.132. The number of carbonyl (C=O) groups excluding carboxylic acids is 5. The molecule has 0 aliphatic carbocycles. The predicted octanol–water partition coefficient (Wildman–Crippen LogP) is 0.101. The summed E-state index contributed by atoms with van der Waals surface area (Å²) in [7, 11) is 1.47. The summed E-state index contributed by atoms with van der Waals surface area (Å²) in [6, 6.07) is 13.0. The van der Waals surface area contributed by atoms with Crippen LogP contribution < -0.4 is 37.5 Å². The Morgan fingerprint density at radius 1 is 0.848 bits per heavy atom. The molecule has 0 heterocycles. The van der Waals surface area contributed by atoms with Gasteiger partial charge in [-0.25, -0.2) is 4.39 Å². The lowest BCUT2D eigenvalue weighted by Gasteiger charge is -2.23. The Kier molecular flexibility index (Phi) is 12.0. The second-order valence-electron chi connectivity index (χ2n) is 10.4. The van der Waals surface area contributed by atoms with E-state index in [-0.39, 0.29) is 18.6 Å². The molecule has 9 N–H and O–H groups in total. The Labute approximate surface area is 266 Å². The standard InChI is InChI=1S/C32H37FN6O7/c1-18(37-31(44)25(34)15-19-5-11-23(40)12-6-19)30(43)36-17-27(41)38-26(16-20-3-9-22(33)10-4-20)32(45)39-28(29(35)42)21-7-13-24(46-2)14-8-21/h3-14,18,25-26,28,40H,15-17,34H2,1-2H3,(H2,35,42)(H,36,43)(H,37,44)(H,38,41)(H,39,45)/t18-,25-,26-,28-/m0/s1/i/hD. The summed E-state index contributed by atoms with van der Waals surface area (Å²) in [5, 5.41) is 19.3. The minimum absolute atomic E-state index is 0.0498. The number of aromatic hydroxyl groups is 1. The molecule has 46 heavy (non-hydrogen) atoms. The van der Waals surface area contributed by atoms with E-state index >= 15 is 0 Å². The summed E-state index contributed by atoms with van der Waals surface area (Å²) >= 11 is 0. The van der Waals surface area contributed by atoms with Crippen molar-refractivity contribution in [2.75, 3.05) is 13.7 Å². The van der Waals surface area contributed by atoms with Gasteiger partial charge in [-0.2, -0.15) is 0 Å². The van der Waals surface area contributed by atoms with Gasteiger partial charge in [0.05, 0.1) is 19.7 Å². The highest BCUT2D eigenvalue weighted by Crippen LogP contribution is 2.18. The van der Waals surface area contributed by atoms with Crippen molar-refractivity contribution < 1.29 is 39.6 Å². The van der Waals surface area contributed by atoms with Crippen LogP contribution in [0.4, 0.5) is 4.39 Å². The fourth-order valence-electron chi connectivity index (χ4n) is 4.33. The SMILES string of the molecule is [2H]N[C@@H](Cc1ccc(O)cc1)C(=O)N[C@@H](C)C(=O)NCC(=O)N[C@@H](Cc1ccc(F)cc1)C(=O)N[C@H](C(N)=O)c1ccc(OC)cc1. The van der Waals surface area contributed by atoms with E-state index in [0.29, 0.717) is 22.4 Å². The smallest absolute Gasteiger partial charge is 0.244 e. The van der Waals surface area contributed by atoms with Gasteiger partial charge in [0.15, 0.2) is 0 Å². The lowest BCUT2D eigenvalue weighted by Crippen LogP contribution is -2.54. The Bertz CT molecular complexity index is 1540. The van der Waals surface area contributed by atoms with Gasteiger partial charge in [-0.15, -0.1) is 0 Å². The average molecular weight is 638 g/mol. The minimum Gasteiger partial charge on any atom is -0.508 e. The average Bonchev–Trinajstić information content (AvgIpc) is 3.06. The van der Waals surface area contributed by atoms with E-state index in [0.717, 1.165) is 0 Å². The fraction of sp³-hybridized carbons (Fsp3) is 0.281. The number of rotatable bonds is 16. The van der Waals surface area contributed by atoms with Crippen LogP contribution >= 0.6 is 0 Å². The van der Waals surface area contributed by atoms with Crippen LogP contribution in [-0.4, -0.2) is 66.4 Å². The van der Waals surface area contributed by atoms with E-state index in [4.69, 9.17) is 11.9 Å². The van der Waals surface area contributed by atoms with Crippen molar-refractivity contribution in [3.63, 3.8) is 0 Å². The topological polar surface area (TPSA) is 215 Å². The van der Waals surface area contributed by atoms with Crippen molar-refractivity contribution in [2.45, 2.75) is 43.9 Å². The quantitative estimate of drug-likeness (QED) is 0.114. The molecule has 14 heteroatoms. The Morgan fingerprint density at radius 2 is 1.46 bits per heavy atom. The van der Waals surface area contributed by atoms with Crippen LogP contribution in [0.15, 0.2) is 72.8 Å². The van der Waals surface area contributed by atoms with Gasteiger partial charge in [-0.05, 0) is 66.4 Å². The molecule has 0 aromatic heterocycles. The van der Waals surface area contributed by atoms with Crippen molar-refractivity contribution in [1.82, 2.24) is 21.3 Å². The number of phenols is 1. The zero-order valence-corrected chi connectivity index (χ0v) is 25.2. The molecule has 0 unspecified atom stereocenters. The maximum atomic E-state index is 13.5. The molecular weight excluding hydrogens is 599 g/mol. The Morgan fingerprint density at radius 3 is 2.04 bits per heavy atom. The number of hydrogen-bond donors (Lipinski definition) is 7. The zero-order chi connectivity index (χ0) is 34.5. The molecule has 0 aliphatic heterocycles. The summed E-state index contributed by atoms with van der Waals surface area (Å²) in [6.45, 7) is 0.818. The first-order chi connectivity index (χ1) is 22.4. The van der Waals surface area contributed by atoms with E-state index in [9.17, 15) is 33.5 Å². The molecule has 5 amide bonds. The van der Waals surface area contributed by atoms with Gasteiger partial charge in [-0.1, -0.05) is 36.4 Å². The monoisotopic (exact) mass is 637 g/mol. The lowest BCUT2D eigenvalue weighted by atomic mass is 10.0. The zero-order valence-electron chi connectivity index (χ0n) is 26.2. The third kappa shape index (κ3) is 10.6. The van der Waals surface area contributed by atoms with Crippen LogP contribution in [0.25, 0.3) is 0 Å². The maximum absolute atomic E-state index is 13.5. The Balaban J connectivity index is 1.63. The molecule has 3 aromatic rings. The van der Waals surface area contributed by atoms with Crippen LogP contribution in [0.3, 0.4) is 0 Å². The molecule has 0 saturated carbocycles. The number of amides is 5. The number of carbonyl (C=O) groups is 5. The molecule has 0 fully saturated rings. The maximum Gasteiger partial charge on any atom is 0.244 e. The van der Waals surface area contributed by atoms with Gasteiger partial charge in [0, 0.05) is 6.42 Å². The number of nitrogens with two attached hydrogens (primary N) is 2. The number of hydrogen-bond acceptors (Lipinski definition) is 8. The molecular formula is C32H37FN6O7. The number of ether oxygens (including phenoxy) is 1. The largest absolute Gasteiger partial charge is 0.508 e. The summed E-state index contributed by atoms with van der Waals surface area (Å²) in [6.07, 6.45) is 0.0217. The third-order valence-corrected chi connectivity index (χ3v) is 6.89. The number of nitrogens with one attached hydrogen (secondary N) is 4. The molecule has 0 bridgehead atoms. The van der Waals surface area contributed by atoms with Crippen LogP contribution in [0.5, 0.6) is 11.5 Å². The van der Waals surface area contributed by atoms with Crippen LogP contribution in [0.1, 0.15) is 29.7 Å². The fourth-order valence-corrected chi connectivity index (χ4v) is 4.33. The highest BCUT2D eigenvalue weighted by Gasteiger charge is 2.28. The van der Waals surface area contributed by atoms with Gasteiger partial charge in [0.1, 0.15) is 36.9 Å². The van der Waals surface area contributed by atoms with Crippen molar-refractivity contribution in [1.29, 1.82) is 0 Å². The van der Waals surface area contributed by atoms with Gasteiger partial charge in [-0.3, -0.25) is 24.0 Å². The van der Waals surface area contributed by atoms with E-state index in [1.165, 1.54) is 50.4 Å². The van der Waals surface area contributed by atoms with Crippen molar-refractivity contribution in [2.24, 2.45) is 11.5 Å². The first-order valence-electron chi connectivity index (χ1n) is 14.7. The third-order valence-electron chi connectivity index (χ3n) is 6.89. The molecule has 0 aliphatic rings. The van der Waals surface area contributed by atoms with E-state index in [1.54, 1.807) is 36.4 Å². The van der Waals surface area contributed by atoms with Crippen molar-refractivity contribution in [3.05, 3.63) is 95.3 Å². The Hall–Kier alpha value is -5.50.